The van der Waals surface area contributed by atoms with Crippen LogP contribution in [0.5, 0.6) is 0 Å². The first-order valence-corrected chi connectivity index (χ1v) is 6.71. The summed E-state index contributed by atoms with van der Waals surface area (Å²) in [5.41, 5.74) is 4.85. The third-order valence-electron chi connectivity index (χ3n) is 3.28. The minimum atomic E-state index is -0.626. The predicted molar refractivity (Wildman–Crippen MR) is 79.6 cm³/mol. The number of carbonyl (C=O) groups is 3. The monoisotopic (exact) mass is 295 g/mol. The topological polar surface area (TPSA) is 78.5 Å². The Bertz CT molecular complexity index is 726. The lowest BCUT2D eigenvalue weighted by atomic mass is 10.0. The number of rotatable bonds is 3. The van der Waals surface area contributed by atoms with E-state index in [9.17, 15) is 14.4 Å². The molecule has 2 N–H and O–H groups in total. The van der Waals surface area contributed by atoms with Gasteiger partial charge in [0.2, 0.25) is 5.91 Å². The molecule has 4 amide bonds. The zero-order chi connectivity index (χ0) is 15.5. The number of benzene rings is 2. The van der Waals surface area contributed by atoms with Gasteiger partial charge in [0.05, 0.1) is 0 Å². The summed E-state index contributed by atoms with van der Waals surface area (Å²) in [6.45, 7) is -0.174. The second-order valence-corrected chi connectivity index (χ2v) is 4.82. The van der Waals surface area contributed by atoms with E-state index in [1.54, 1.807) is 12.1 Å². The molecule has 2 aromatic rings. The molecule has 0 unspecified atom stereocenters. The van der Waals surface area contributed by atoms with Crippen molar-refractivity contribution in [1.29, 1.82) is 0 Å². The number of amides is 4. The summed E-state index contributed by atoms with van der Waals surface area (Å²) >= 11 is 0. The molecule has 0 radical (unpaired) electrons. The van der Waals surface area contributed by atoms with Crippen LogP contribution in [-0.4, -0.2) is 29.4 Å². The van der Waals surface area contributed by atoms with Crippen molar-refractivity contribution in [2.45, 2.75) is 0 Å². The van der Waals surface area contributed by atoms with E-state index in [-0.39, 0.29) is 6.54 Å². The summed E-state index contributed by atoms with van der Waals surface area (Å²) in [5.74, 6) is -0.880. The Morgan fingerprint density at radius 2 is 1.59 bits per heavy atom. The number of nitrogens with one attached hydrogen (secondary N) is 2. The van der Waals surface area contributed by atoms with Gasteiger partial charge in [-0.25, -0.2) is 9.80 Å². The van der Waals surface area contributed by atoms with Crippen molar-refractivity contribution >= 4 is 17.8 Å². The molecule has 22 heavy (non-hydrogen) atoms. The lowest BCUT2D eigenvalue weighted by Crippen LogP contribution is -2.44. The molecule has 0 saturated carbocycles. The molecule has 0 bridgehead atoms. The molecule has 1 aliphatic heterocycles. The smallest absolute Gasteiger partial charge is 0.275 e. The average Bonchev–Trinajstić information content (AvgIpc) is 2.86. The molecule has 0 aliphatic carbocycles. The lowest BCUT2D eigenvalue weighted by Gasteiger charge is -2.14. The molecular formula is C16H13N3O3. The molecule has 0 atom stereocenters. The summed E-state index contributed by atoms with van der Waals surface area (Å²) in [5, 5.41) is 3.04. The summed E-state index contributed by atoms with van der Waals surface area (Å²) in [6.07, 6.45) is 0. The number of nitrogens with zero attached hydrogens (tertiary/aromatic N) is 1. The van der Waals surface area contributed by atoms with E-state index in [1.807, 2.05) is 42.5 Å². The Morgan fingerprint density at radius 3 is 2.18 bits per heavy atom. The molecule has 6 heteroatoms. The maximum absolute atomic E-state index is 12.1. The summed E-state index contributed by atoms with van der Waals surface area (Å²) in [4.78, 5) is 34.5. The summed E-state index contributed by atoms with van der Waals surface area (Å²) < 4.78 is 0. The van der Waals surface area contributed by atoms with Gasteiger partial charge < -0.3 is 0 Å². The fourth-order valence-electron chi connectivity index (χ4n) is 2.16. The van der Waals surface area contributed by atoms with Crippen LogP contribution in [0.15, 0.2) is 54.6 Å². The van der Waals surface area contributed by atoms with Crippen LogP contribution in [0.3, 0.4) is 0 Å². The largest absolute Gasteiger partial charge is 0.343 e. The maximum Gasteiger partial charge on any atom is 0.343 e. The molecule has 110 valence electrons. The fourth-order valence-corrected chi connectivity index (χ4v) is 2.16. The van der Waals surface area contributed by atoms with Crippen molar-refractivity contribution in [3.8, 4) is 11.1 Å². The molecule has 1 heterocycles. The second-order valence-electron chi connectivity index (χ2n) is 4.82. The van der Waals surface area contributed by atoms with E-state index < -0.39 is 17.8 Å². The van der Waals surface area contributed by atoms with Crippen molar-refractivity contribution in [2.75, 3.05) is 6.54 Å². The highest BCUT2D eigenvalue weighted by molar-refractivity contribution is 6.04. The van der Waals surface area contributed by atoms with Gasteiger partial charge in [-0.15, -0.1) is 0 Å². The van der Waals surface area contributed by atoms with Gasteiger partial charge in [0.1, 0.15) is 6.54 Å². The quantitative estimate of drug-likeness (QED) is 0.843. The lowest BCUT2D eigenvalue weighted by molar-refractivity contribution is -0.118. The Hall–Kier alpha value is -3.15. The molecule has 1 aliphatic rings. The first-order chi connectivity index (χ1) is 10.6. The second kappa shape index (κ2) is 5.69. The van der Waals surface area contributed by atoms with Crippen molar-refractivity contribution in [2.24, 2.45) is 0 Å². The average molecular weight is 295 g/mol. The SMILES string of the molecule is O=C1CN(NC(=O)c2ccc(-c3ccccc3)cc2)C(=O)N1. The van der Waals surface area contributed by atoms with E-state index in [4.69, 9.17) is 0 Å². The highest BCUT2D eigenvalue weighted by atomic mass is 16.2. The van der Waals surface area contributed by atoms with Crippen LogP contribution in [0.25, 0.3) is 11.1 Å². The molecule has 3 rings (SSSR count). The van der Waals surface area contributed by atoms with Gasteiger partial charge in [-0.1, -0.05) is 42.5 Å². The Morgan fingerprint density at radius 1 is 0.955 bits per heavy atom. The molecule has 0 spiro atoms. The number of hydrogen-bond acceptors (Lipinski definition) is 3. The molecule has 2 aromatic carbocycles. The van der Waals surface area contributed by atoms with Gasteiger partial charge in [-0.3, -0.25) is 20.3 Å². The van der Waals surface area contributed by atoms with Crippen LogP contribution in [0.1, 0.15) is 10.4 Å². The van der Waals surface area contributed by atoms with E-state index in [2.05, 4.69) is 10.7 Å². The van der Waals surface area contributed by atoms with Crippen LogP contribution in [0.2, 0.25) is 0 Å². The van der Waals surface area contributed by atoms with Gasteiger partial charge in [0, 0.05) is 5.56 Å². The zero-order valence-electron chi connectivity index (χ0n) is 11.6. The van der Waals surface area contributed by atoms with Gasteiger partial charge in [-0.05, 0) is 23.3 Å². The standard InChI is InChI=1S/C16H13N3O3/c20-14-10-19(16(22)17-14)18-15(21)13-8-6-12(7-9-13)11-4-2-1-3-5-11/h1-9H,10H2,(H,18,21)(H,17,20,22). The van der Waals surface area contributed by atoms with Crippen molar-refractivity contribution in [1.82, 2.24) is 15.8 Å². The van der Waals surface area contributed by atoms with Gasteiger partial charge in [0.25, 0.3) is 5.91 Å². The van der Waals surface area contributed by atoms with Crippen LogP contribution in [0.4, 0.5) is 4.79 Å². The van der Waals surface area contributed by atoms with Crippen LogP contribution in [0, 0.1) is 0 Å². The van der Waals surface area contributed by atoms with E-state index in [1.165, 1.54) is 0 Å². The number of hydrogen-bond donors (Lipinski definition) is 2. The van der Waals surface area contributed by atoms with Crippen LogP contribution < -0.4 is 10.7 Å². The molecule has 1 fully saturated rings. The van der Waals surface area contributed by atoms with Crippen molar-refractivity contribution < 1.29 is 14.4 Å². The van der Waals surface area contributed by atoms with Crippen molar-refractivity contribution in [3.05, 3.63) is 60.2 Å². The van der Waals surface area contributed by atoms with Gasteiger partial charge >= 0.3 is 6.03 Å². The number of imide groups is 1. The first kappa shape index (κ1) is 13.8. The Labute approximate surface area is 126 Å². The Balaban J connectivity index is 1.71. The predicted octanol–water partition coefficient (Wildman–Crippen LogP) is 1.55. The highest BCUT2D eigenvalue weighted by Crippen LogP contribution is 2.19. The maximum atomic E-state index is 12.1. The minimum Gasteiger partial charge on any atom is -0.275 e. The third kappa shape index (κ3) is 2.80. The number of hydrazine groups is 1. The summed E-state index contributed by atoms with van der Waals surface area (Å²) in [7, 11) is 0. The van der Waals surface area contributed by atoms with Crippen LogP contribution >= 0.6 is 0 Å². The third-order valence-corrected chi connectivity index (χ3v) is 3.28. The molecular weight excluding hydrogens is 282 g/mol. The van der Waals surface area contributed by atoms with Crippen molar-refractivity contribution in [3.63, 3.8) is 0 Å². The molecule has 6 nitrogen and oxygen atoms in total. The summed E-state index contributed by atoms with van der Waals surface area (Å²) in [6, 6.07) is 16.2. The molecule has 1 saturated heterocycles. The van der Waals surface area contributed by atoms with Crippen LogP contribution in [-0.2, 0) is 4.79 Å². The highest BCUT2D eigenvalue weighted by Gasteiger charge is 2.28. The first-order valence-electron chi connectivity index (χ1n) is 6.71. The zero-order valence-corrected chi connectivity index (χ0v) is 11.6. The van der Waals surface area contributed by atoms with E-state index in [0.29, 0.717) is 5.56 Å². The number of urea groups is 1. The van der Waals surface area contributed by atoms with Gasteiger partial charge in [-0.2, -0.15) is 0 Å². The molecule has 0 aromatic heterocycles. The van der Waals surface area contributed by atoms with Gasteiger partial charge in [0.15, 0.2) is 0 Å². The number of carbonyl (C=O) groups excluding carboxylic acids is 3. The van der Waals surface area contributed by atoms with E-state index in [0.717, 1.165) is 16.1 Å². The minimum absolute atomic E-state index is 0.174. The Kier molecular flexibility index (Phi) is 3.57. The normalized spacial score (nSPS) is 13.9. The van der Waals surface area contributed by atoms with E-state index >= 15 is 0 Å². The fraction of sp³-hybridized carbons (Fsp3) is 0.0625.